The van der Waals surface area contributed by atoms with Gasteiger partial charge >= 0.3 is 0 Å². The van der Waals surface area contributed by atoms with Crippen LogP contribution in [0.3, 0.4) is 0 Å². The third kappa shape index (κ3) is 3.22. The van der Waals surface area contributed by atoms with Crippen molar-refractivity contribution in [1.29, 1.82) is 0 Å². The van der Waals surface area contributed by atoms with Gasteiger partial charge in [-0.25, -0.2) is 0 Å². The average molecular weight is 249 g/mol. The van der Waals surface area contributed by atoms with Gasteiger partial charge in [-0.15, -0.1) is 10.2 Å². The summed E-state index contributed by atoms with van der Waals surface area (Å²) >= 11 is 1.34. The number of rotatable bonds is 3. The van der Waals surface area contributed by atoms with E-state index in [4.69, 9.17) is 0 Å². The second-order valence-electron chi connectivity index (χ2n) is 3.40. The lowest BCUT2D eigenvalue weighted by Gasteiger charge is -1.93. The van der Waals surface area contributed by atoms with Crippen molar-refractivity contribution >= 4 is 28.5 Å². The first-order valence-corrected chi connectivity index (χ1v) is 5.73. The summed E-state index contributed by atoms with van der Waals surface area (Å²) in [6.07, 6.45) is 6.63. The number of carbonyl (C=O) groups is 1. The van der Waals surface area contributed by atoms with E-state index in [1.807, 2.05) is 20.2 Å². The average Bonchev–Trinajstić information content (AvgIpc) is 2.85. The zero-order valence-electron chi connectivity index (χ0n) is 9.41. The molecule has 0 saturated carbocycles. The Labute approximate surface area is 102 Å². The molecule has 88 valence electrons. The Morgan fingerprint density at radius 2 is 2.35 bits per heavy atom. The van der Waals surface area contributed by atoms with Gasteiger partial charge in [0, 0.05) is 24.9 Å². The zero-order valence-corrected chi connectivity index (χ0v) is 10.2. The normalized spacial score (nSPS) is 10.9. The maximum Gasteiger partial charge on any atom is 0.250 e. The zero-order chi connectivity index (χ0) is 12.3. The molecule has 0 fully saturated rings. The molecule has 0 saturated heterocycles. The number of nitrogens with zero attached hydrogens (tertiary/aromatic N) is 4. The van der Waals surface area contributed by atoms with Crippen molar-refractivity contribution in [2.45, 2.75) is 6.92 Å². The lowest BCUT2D eigenvalue weighted by molar-refractivity contribution is -0.111. The van der Waals surface area contributed by atoms with Gasteiger partial charge in [0.1, 0.15) is 5.01 Å². The van der Waals surface area contributed by atoms with Crippen LogP contribution in [0.4, 0.5) is 5.13 Å². The highest BCUT2D eigenvalue weighted by Gasteiger charge is 2.02. The molecule has 0 spiro atoms. The molecule has 2 heterocycles. The quantitative estimate of drug-likeness (QED) is 0.830. The molecule has 0 atom stereocenters. The molecule has 1 amide bonds. The van der Waals surface area contributed by atoms with Crippen LogP contribution in [0.15, 0.2) is 18.5 Å². The van der Waals surface area contributed by atoms with E-state index in [0.29, 0.717) is 5.13 Å². The predicted molar refractivity (Wildman–Crippen MR) is 65.5 cm³/mol. The summed E-state index contributed by atoms with van der Waals surface area (Å²) in [5.74, 6) is -0.231. The summed E-state index contributed by atoms with van der Waals surface area (Å²) < 4.78 is 1.67. The van der Waals surface area contributed by atoms with Gasteiger partial charge in [0.05, 0.1) is 6.20 Å². The maximum absolute atomic E-state index is 11.5. The van der Waals surface area contributed by atoms with Crippen molar-refractivity contribution in [3.8, 4) is 0 Å². The molecule has 0 aromatic carbocycles. The van der Waals surface area contributed by atoms with E-state index in [-0.39, 0.29) is 5.91 Å². The van der Waals surface area contributed by atoms with Gasteiger partial charge in [0.2, 0.25) is 11.0 Å². The van der Waals surface area contributed by atoms with Crippen LogP contribution in [0.5, 0.6) is 0 Å². The van der Waals surface area contributed by atoms with E-state index in [0.717, 1.165) is 10.6 Å². The monoisotopic (exact) mass is 249 g/mol. The van der Waals surface area contributed by atoms with E-state index < -0.39 is 0 Å². The molecule has 0 radical (unpaired) electrons. The molecule has 0 aliphatic rings. The molecule has 7 heteroatoms. The maximum atomic E-state index is 11.5. The van der Waals surface area contributed by atoms with Gasteiger partial charge in [-0.2, -0.15) is 5.10 Å². The fourth-order valence-corrected chi connectivity index (χ4v) is 1.79. The Morgan fingerprint density at radius 1 is 1.53 bits per heavy atom. The predicted octanol–water partition coefficient (Wildman–Crippen LogP) is 1.23. The number of aromatic nitrogens is 4. The van der Waals surface area contributed by atoms with Crippen molar-refractivity contribution in [3.63, 3.8) is 0 Å². The number of aryl methyl sites for hydroxylation is 2. The second kappa shape index (κ2) is 4.88. The minimum atomic E-state index is -0.231. The van der Waals surface area contributed by atoms with Gasteiger partial charge in [-0.05, 0) is 13.0 Å². The number of nitrogens with one attached hydrogen (secondary N) is 1. The van der Waals surface area contributed by atoms with Gasteiger partial charge in [-0.1, -0.05) is 11.3 Å². The minimum absolute atomic E-state index is 0.231. The first kappa shape index (κ1) is 11.5. The largest absolute Gasteiger partial charge is 0.297 e. The van der Waals surface area contributed by atoms with Crippen LogP contribution in [-0.4, -0.2) is 25.9 Å². The number of hydrogen-bond donors (Lipinski definition) is 1. The van der Waals surface area contributed by atoms with E-state index in [2.05, 4.69) is 20.6 Å². The van der Waals surface area contributed by atoms with Crippen LogP contribution in [0.25, 0.3) is 6.08 Å². The van der Waals surface area contributed by atoms with Gasteiger partial charge < -0.3 is 0 Å². The summed E-state index contributed by atoms with van der Waals surface area (Å²) in [6.45, 7) is 1.83. The number of amides is 1. The lowest BCUT2D eigenvalue weighted by atomic mass is 10.3. The highest BCUT2D eigenvalue weighted by molar-refractivity contribution is 7.15. The van der Waals surface area contributed by atoms with E-state index in [9.17, 15) is 4.79 Å². The minimum Gasteiger partial charge on any atom is -0.297 e. The summed E-state index contributed by atoms with van der Waals surface area (Å²) in [7, 11) is 1.82. The van der Waals surface area contributed by atoms with Crippen LogP contribution in [0, 0.1) is 6.92 Å². The topological polar surface area (TPSA) is 72.7 Å². The fourth-order valence-electron chi connectivity index (χ4n) is 1.19. The van der Waals surface area contributed by atoms with Gasteiger partial charge in [0.25, 0.3) is 0 Å². The summed E-state index contributed by atoms with van der Waals surface area (Å²) in [5.41, 5.74) is 0.871. The highest BCUT2D eigenvalue weighted by atomic mass is 32.1. The first-order valence-electron chi connectivity index (χ1n) is 4.91. The molecule has 6 nitrogen and oxygen atoms in total. The van der Waals surface area contributed by atoms with E-state index in [1.165, 1.54) is 17.4 Å². The van der Waals surface area contributed by atoms with E-state index >= 15 is 0 Å². The van der Waals surface area contributed by atoms with Crippen LogP contribution < -0.4 is 5.32 Å². The molecule has 1 N–H and O–H groups in total. The summed E-state index contributed by atoms with van der Waals surface area (Å²) in [4.78, 5) is 11.5. The smallest absolute Gasteiger partial charge is 0.250 e. The molecule has 2 rings (SSSR count). The molecule has 0 aliphatic carbocycles. The Bertz CT molecular complexity index is 557. The third-order valence-corrected chi connectivity index (χ3v) is 2.66. The number of anilines is 1. The summed E-state index contributed by atoms with van der Waals surface area (Å²) in [5, 5.41) is 15.6. The first-order chi connectivity index (χ1) is 8.13. The lowest BCUT2D eigenvalue weighted by Crippen LogP contribution is -2.07. The number of hydrogen-bond acceptors (Lipinski definition) is 5. The van der Waals surface area contributed by atoms with E-state index in [1.54, 1.807) is 17.0 Å². The van der Waals surface area contributed by atoms with Crippen molar-refractivity contribution in [1.82, 2.24) is 20.0 Å². The molecule has 2 aromatic heterocycles. The number of carbonyl (C=O) groups excluding carboxylic acids is 1. The molecular weight excluding hydrogens is 238 g/mol. The highest BCUT2D eigenvalue weighted by Crippen LogP contribution is 2.13. The Morgan fingerprint density at radius 3 is 2.94 bits per heavy atom. The molecule has 2 aromatic rings. The van der Waals surface area contributed by atoms with Crippen molar-refractivity contribution in [3.05, 3.63) is 29.0 Å². The SMILES string of the molecule is Cc1nnc(NC(=O)/C=C/c2cnn(C)c2)s1. The van der Waals surface area contributed by atoms with Crippen LogP contribution in [-0.2, 0) is 11.8 Å². The molecule has 0 bridgehead atoms. The molecule has 0 aliphatic heterocycles. The van der Waals surface area contributed by atoms with Gasteiger partial charge in [-0.3, -0.25) is 14.8 Å². The molecular formula is C10H11N5OS. The Kier molecular flexibility index (Phi) is 3.29. The Hall–Kier alpha value is -2.02. The van der Waals surface area contributed by atoms with Gasteiger partial charge in [0.15, 0.2) is 0 Å². The summed E-state index contributed by atoms with van der Waals surface area (Å²) in [6, 6.07) is 0. The van der Waals surface area contributed by atoms with Crippen molar-refractivity contribution < 1.29 is 4.79 Å². The van der Waals surface area contributed by atoms with Crippen LogP contribution in [0.1, 0.15) is 10.6 Å². The van der Waals surface area contributed by atoms with Crippen LogP contribution >= 0.6 is 11.3 Å². The fraction of sp³-hybridized carbons (Fsp3) is 0.200. The molecule has 0 unspecified atom stereocenters. The van der Waals surface area contributed by atoms with Crippen molar-refractivity contribution in [2.75, 3.05) is 5.32 Å². The third-order valence-electron chi connectivity index (χ3n) is 1.91. The standard InChI is InChI=1S/C10H11N5OS/c1-7-13-14-10(17-7)12-9(16)4-3-8-5-11-15(2)6-8/h3-6H,1-2H3,(H,12,14,16)/b4-3+. The van der Waals surface area contributed by atoms with Crippen molar-refractivity contribution in [2.24, 2.45) is 7.05 Å². The Balaban J connectivity index is 1.95. The second-order valence-corrected chi connectivity index (χ2v) is 4.58. The molecule has 17 heavy (non-hydrogen) atoms. The van der Waals surface area contributed by atoms with Crippen LogP contribution in [0.2, 0.25) is 0 Å².